The number of ether oxygens (including phenoxy) is 1. The number of methoxy groups -OCH3 is 1. The van der Waals surface area contributed by atoms with Crippen LogP contribution in [0.4, 0.5) is 8.78 Å². The van der Waals surface area contributed by atoms with Gasteiger partial charge in [-0.2, -0.15) is 0 Å². The molecule has 2 aliphatic rings. The van der Waals surface area contributed by atoms with Crippen LogP contribution < -0.4 is 0 Å². The Bertz CT molecular complexity index is 241. The number of alkyl halides is 2. The van der Waals surface area contributed by atoms with Crippen molar-refractivity contribution < 1.29 is 13.5 Å². The molecule has 0 N–H and O–H groups in total. The van der Waals surface area contributed by atoms with Crippen LogP contribution in [0.3, 0.4) is 0 Å². The molecule has 1 aliphatic heterocycles. The van der Waals surface area contributed by atoms with Crippen molar-refractivity contribution >= 4 is 0 Å². The van der Waals surface area contributed by atoms with E-state index < -0.39 is 11.3 Å². The van der Waals surface area contributed by atoms with Crippen LogP contribution in [-0.4, -0.2) is 44.2 Å². The lowest BCUT2D eigenvalue weighted by molar-refractivity contribution is 0.0413. The smallest absolute Gasteiger partial charge is 0.255 e. The Morgan fingerprint density at radius 3 is 2.38 bits per heavy atom. The van der Waals surface area contributed by atoms with Gasteiger partial charge in [0.15, 0.2) is 0 Å². The van der Waals surface area contributed by atoms with E-state index in [0.29, 0.717) is 19.6 Å². The summed E-state index contributed by atoms with van der Waals surface area (Å²) in [5.74, 6) is -2.43. The number of likely N-dealkylation sites (tertiary alicyclic amines) is 1. The minimum Gasteiger partial charge on any atom is -0.385 e. The molecule has 94 valence electrons. The number of halogens is 2. The molecule has 0 aromatic carbocycles. The summed E-state index contributed by atoms with van der Waals surface area (Å²) in [5, 5.41) is 0. The highest BCUT2D eigenvalue weighted by atomic mass is 19.3. The fourth-order valence-corrected chi connectivity index (χ4v) is 2.83. The zero-order chi connectivity index (χ0) is 11.6. The first kappa shape index (κ1) is 12.2. The quantitative estimate of drug-likeness (QED) is 0.654. The second kappa shape index (κ2) is 4.57. The van der Waals surface area contributed by atoms with Gasteiger partial charge in [0.05, 0.1) is 5.41 Å². The lowest BCUT2D eigenvalue weighted by Gasteiger charge is -2.23. The van der Waals surface area contributed by atoms with E-state index in [1.807, 2.05) is 0 Å². The zero-order valence-corrected chi connectivity index (χ0v) is 9.98. The van der Waals surface area contributed by atoms with Crippen LogP contribution in [-0.2, 0) is 4.74 Å². The molecule has 0 bridgehead atoms. The van der Waals surface area contributed by atoms with Crippen molar-refractivity contribution in [2.75, 3.05) is 33.4 Å². The lowest BCUT2D eigenvalue weighted by Crippen LogP contribution is -2.31. The van der Waals surface area contributed by atoms with E-state index in [1.54, 1.807) is 7.11 Å². The second-order valence-corrected chi connectivity index (χ2v) is 5.24. The summed E-state index contributed by atoms with van der Waals surface area (Å²) >= 11 is 0. The molecule has 2 nitrogen and oxygen atoms in total. The van der Waals surface area contributed by atoms with Crippen LogP contribution in [0.2, 0.25) is 0 Å². The molecule has 1 saturated heterocycles. The third kappa shape index (κ3) is 2.38. The van der Waals surface area contributed by atoms with Crippen molar-refractivity contribution in [2.24, 2.45) is 5.41 Å². The van der Waals surface area contributed by atoms with E-state index in [2.05, 4.69) is 4.90 Å². The SMILES string of the molecule is COCCCC1(CN2CCCC2)CC1(F)F. The van der Waals surface area contributed by atoms with Crippen molar-refractivity contribution in [1.82, 2.24) is 4.90 Å². The predicted octanol–water partition coefficient (Wildman–Crippen LogP) is 2.53. The molecule has 1 unspecified atom stereocenters. The number of hydrogen-bond acceptors (Lipinski definition) is 2. The van der Waals surface area contributed by atoms with Crippen LogP contribution in [0, 0.1) is 5.41 Å². The molecule has 0 aromatic rings. The van der Waals surface area contributed by atoms with E-state index in [1.165, 1.54) is 12.8 Å². The van der Waals surface area contributed by atoms with E-state index in [9.17, 15) is 8.78 Å². The summed E-state index contributed by atoms with van der Waals surface area (Å²) in [6.45, 7) is 3.19. The van der Waals surface area contributed by atoms with E-state index in [-0.39, 0.29) is 6.42 Å². The maximum absolute atomic E-state index is 13.5. The third-order valence-corrected chi connectivity index (χ3v) is 3.94. The molecule has 16 heavy (non-hydrogen) atoms. The highest BCUT2D eigenvalue weighted by molar-refractivity contribution is 5.11. The molecule has 0 aromatic heterocycles. The van der Waals surface area contributed by atoms with Crippen molar-refractivity contribution in [3.05, 3.63) is 0 Å². The summed E-state index contributed by atoms with van der Waals surface area (Å²) in [6.07, 6.45) is 3.77. The van der Waals surface area contributed by atoms with Gasteiger partial charge >= 0.3 is 0 Å². The van der Waals surface area contributed by atoms with Gasteiger partial charge in [-0.3, -0.25) is 0 Å². The first-order valence-corrected chi connectivity index (χ1v) is 6.19. The van der Waals surface area contributed by atoms with Gasteiger partial charge in [-0.05, 0) is 38.8 Å². The molecule has 1 aliphatic carbocycles. The normalized spacial score (nSPS) is 33.2. The standard InChI is InChI=1S/C12H21F2NO/c1-16-8-4-5-11(9-12(11,13)14)10-15-6-2-3-7-15/h2-10H2,1H3. The van der Waals surface area contributed by atoms with Crippen LogP contribution in [0.15, 0.2) is 0 Å². The zero-order valence-electron chi connectivity index (χ0n) is 9.98. The predicted molar refractivity (Wildman–Crippen MR) is 58.8 cm³/mol. The molecule has 1 heterocycles. The monoisotopic (exact) mass is 233 g/mol. The molecular formula is C12H21F2NO. The molecule has 2 fully saturated rings. The molecule has 1 atom stereocenters. The van der Waals surface area contributed by atoms with Gasteiger partial charge in [-0.25, -0.2) is 8.78 Å². The van der Waals surface area contributed by atoms with Gasteiger partial charge in [0, 0.05) is 26.7 Å². The molecular weight excluding hydrogens is 212 g/mol. The van der Waals surface area contributed by atoms with E-state index in [4.69, 9.17) is 4.74 Å². The Labute approximate surface area is 95.9 Å². The topological polar surface area (TPSA) is 12.5 Å². The third-order valence-electron chi connectivity index (χ3n) is 3.94. The van der Waals surface area contributed by atoms with Gasteiger partial charge in [-0.15, -0.1) is 0 Å². The fourth-order valence-electron chi connectivity index (χ4n) is 2.83. The Balaban J connectivity index is 1.84. The van der Waals surface area contributed by atoms with Gasteiger partial charge in [-0.1, -0.05) is 0 Å². The van der Waals surface area contributed by atoms with Gasteiger partial charge < -0.3 is 9.64 Å². The Kier molecular flexibility index (Phi) is 3.50. The van der Waals surface area contributed by atoms with Crippen LogP contribution >= 0.6 is 0 Å². The largest absolute Gasteiger partial charge is 0.385 e. The van der Waals surface area contributed by atoms with Crippen molar-refractivity contribution in [3.8, 4) is 0 Å². The van der Waals surface area contributed by atoms with Crippen molar-refractivity contribution in [3.63, 3.8) is 0 Å². The summed E-state index contributed by atoms with van der Waals surface area (Å²) in [5.41, 5.74) is -0.726. The molecule has 2 rings (SSSR count). The summed E-state index contributed by atoms with van der Waals surface area (Å²) in [4.78, 5) is 2.20. The minimum atomic E-state index is -2.43. The maximum atomic E-state index is 13.5. The Hall–Kier alpha value is -0.220. The van der Waals surface area contributed by atoms with E-state index in [0.717, 1.165) is 19.5 Å². The van der Waals surface area contributed by atoms with Crippen molar-refractivity contribution in [1.29, 1.82) is 0 Å². The lowest BCUT2D eigenvalue weighted by atomic mass is 9.99. The van der Waals surface area contributed by atoms with Gasteiger partial charge in [0.1, 0.15) is 0 Å². The molecule has 1 saturated carbocycles. The summed E-state index contributed by atoms with van der Waals surface area (Å²) in [7, 11) is 1.62. The van der Waals surface area contributed by atoms with Crippen molar-refractivity contribution in [2.45, 2.75) is 38.0 Å². The summed E-state index contributed by atoms with van der Waals surface area (Å²) < 4.78 is 31.9. The Morgan fingerprint density at radius 1 is 1.25 bits per heavy atom. The van der Waals surface area contributed by atoms with Gasteiger partial charge in [0.25, 0.3) is 5.92 Å². The minimum absolute atomic E-state index is 0.0835. The number of hydrogen-bond donors (Lipinski definition) is 0. The fraction of sp³-hybridized carbons (Fsp3) is 1.00. The first-order chi connectivity index (χ1) is 7.60. The average molecular weight is 233 g/mol. The van der Waals surface area contributed by atoms with Crippen LogP contribution in [0.5, 0.6) is 0 Å². The average Bonchev–Trinajstić information content (AvgIpc) is 2.63. The van der Waals surface area contributed by atoms with E-state index >= 15 is 0 Å². The first-order valence-electron chi connectivity index (χ1n) is 6.19. The summed E-state index contributed by atoms with van der Waals surface area (Å²) in [6, 6.07) is 0. The highest BCUT2D eigenvalue weighted by Gasteiger charge is 2.70. The second-order valence-electron chi connectivity index (χ2n) is 5.24. The highest BCUT2D eigenvalue weighted by Crippen LogP contribution is 2.63. The molecule has 0 spiro atoms. The molecule has 0 amide bonds. The Morgan fingerprint density at radius 2 is 1.88 bits per heavy atom. The van der Waals surface area contributed by atoms with Gasteiger partial charge in [0.2, 0.25) is 0 Å². The maximum Gasteiger partial charge on any atom is 0.255 e. The number of rotatable bonds is 6. The molecule has 4 heteroatoms. The molecule has 0 radical (unpaired) electrons. The van der Waals surface area contributed by atoms with Crippen LogP contribution in [0.1, 0.15) is 32.1 Å². The number of nitrogens with zero attached hydrogens (tertiary/aromatic N) is 1. The van der Waals surface area contributed by atoms with Crippen LogP contribution in [0.25, 0.3) is 0 Å².